The molecule has 0 aromatic heterocycles. The van der Waals surface area contributed by atoms with Crippen molar-refractivity contribution < 1.29 is 13.2 Å². The van der Waals surface area contributed by atoms with Gasteiger partial charge in [0.05, 0.1) is 6.42 Å². The highest BCUT2D eigenvalue weighted by Gasteiger charge is 2.27. The van der Waals surface area contributed by atoms with Gasteiger partial charge in [-0.2, -0.15) is 13.2 Å². The van der Waals surface area contributed by atoms with Gasteiger partial charge in [-0.25, -0.2) is 0 Å². The van der Waals surface area contributed by atoms with E-state index in [1.165, 1.54) is 0 Å². The molecule has 2 nitrogen and oxygen atoms in total. The fourth-order valence-electron chi connectivity index (χ4n) is 1.66. The third-order valence-electron chi connectivity index (χ3n) is 2.67. The van der Waals surface area contributed by atoms with E-state index in [2.05, 4.69) is 17.6 Å². The van der Waals surface area contributed by atoms with Crippen LogP contribution in [-0.4, -0.2) is 32.4 Å². The summed E-state index contributed by atoms with van der Waals surface area (Å²) in [6.45, 7) is 4.73. The number of alkyl halides is 3. The first-order valence-corrected chi connectivity index (χ1v) is 4.97. The highest BCUT2D eigenvalue weighted by molar-refractivity contribution is 4.79. The number of hydrogen-bond donors (Lipinski definition) is 2. The van der Waals surface area contributed by atoms with Crippen LogP contribution < -0.4 is 10.6 Å². The van der Waals surface area contributed by atoms with Gasteiger partial charge >= 0.3 is 6.18 Å². The van der Waals surface area contributed by atoms with Crippen LogP contribution in [-0.2, 0) is 0 Å². The predicted molar refractivity (Wildman–Crippen MR) is 49.1 cm³/mol. The molecule has 0 aromatic carbocycles. The Hall–Kier alpha value is -0.290. The minimum atomic E-state index is -4.04. The summed E-state index contributed by atoms with van der Waals surface area (Å²) < 4.78 is 35.3. The quantitative estimate of drug-likeness (QED) is 0.685. The lowest BCUT2D eigenvalue weighted by Crippen LogP contribution is -2.29. The lowest BCUT2D eigenvalue weighted by molar-refractivity contribution is -0.133. The van der Waals surface area contributed by atoms with Crippen LogP contribution in [0.4, 0.5) is 13.2 Å². The Morgan fingerprint density at radius 1 is 1.36 bits per heavy atom. The monoisotopic (exact) mass is 210 g/mol. The summed E-state index contributed by atoms with van der Waals surface area (Å²) in [6.07, 6.45) is -4.77. The molecule has 1 rings (SSSR count). The van der Waals surface area contributed by atoms with Crippen molar-refractivity contribution in [3.05, 3.63) is 0 Å². The molecule has 1 aliphatic rings. The van der Waals surface area contributed by atoms with Gasteiger partial charge < -0.3 is 10.6 Å². The van der Waals surface area contributed by atoms with Gasteiger partial charge in [-0.15, -0.1) is 0 Å². The highest BCUT2D eigenvalue weighted by atomic mass is 19.4. The molecule has 2 atom stereocenters. The van der Waals surface area contributed by atoms with Crippen molar-refractivity contribution in [1.82, 2.24) is 10.6 Å². The fraction of sp³-hybridized carbons (Fsp3) is 1.00. The molecule has 1 fully saturated rings. The Balaban J connectivity index is 2.04. The first kappa shape index (κ1) is 11.8. The molecule has 1 aliphatic heterocycles. The van der Waals surface area contributed by atoms with E-state index >= 15 is 0 Å². The lowest BCUT2D eigenvalue weighted by atomic mass is 9.98. The Bertz CT molecular complexity index is 170. The van der Waals surface area contributed by atoms with Crippen LogP contribution in [0, 0.1) is 11.8 Å². The fourth-order valence-corrected chi connectivity index (χ4v) is 1.66. The second-order valence-corrected chi connectivity index (χ2v) is 3.96. The maximum Gasteiger partial charge on any atom is 0.390 e. The second kappa shape index (κ2) is 4.98. The third kappa shape index (κ3) is 4.28. The molecular formula is C9H17F3N2. The maximum atomic E-state index is 11.8. The van der Waals surface area contributed by atoms with Crippen LogP contribution in [0.3, 0.4) is 0 Å². The van der Waals surface area contributed by atoms with Crippen molar-refractivity contribution in [2.45, 2.75) is 19.5 Å². The largest absolute Gasteiger partial charge is 0.390 e. The highest BCUT2D eigenvalue weighted by Crippen LogP contribution is 2.18. The Labute approximate surface area is 82.2 Å². The first-order valence-electron chi connectivity index (χ1n) is 4.97. The summed E-state index contributed by atoms with van der Waals surface area (Å²) in [5, 5.41) is 6.07. The van der Waals surface area contributed by atoms with Gasteiger partial charge in [0.15, 0.2) is 0 Å². The van der Waals surface area contributed by atoms with Crippen LogP contribution in [0.5, 0.6) is 0 Å². The van der Waals surface area contributed by atoms with Gasteiger partial charge in [-0.05, 0) is 31.5 Å². The van der Waals surface area contributed by atoms with Crippen molar-refractivity contribution in [2.24, 2.45) is 11.8 Å². The molecule has 0 aromatic rings. The zero-order chi connectivity index (χ0) is 10.6. The summed E-state index contributed by atoms with van der Waals surface area (Å²) in [6, 6.07) is 0. The summed E-state index contributed by atoms with van der Waals surface area (Å²) >= 11 is 0. The zero-order valence-corrected chi connectivity index (χ0v) is 8.32. The summed E-state index contributed by atoms with van der Waals surface area (Å²) in [4.78, 5) is 0. The molecule has 0 spiro atoms. The van der Waals surface area contributed by atoms with Crippen molar-refractivity contribution in [2.75, 3.05) is 26.2 Å². The van der Waals surface area contributed by atoms with Crippen molar-refractivity contribution in [3.63, 3.8) is 0 Å². The smallest absolute Gasteiger partial charge is 0.316 e. The summed E-state index contributed by atoms with van der Waals surface area (Å²) in [7, 11) is 0. The third-order valence-corrected chi connectivity index (χ3v) is 2.67. The molecule has 0 radical (unpaired) electrons. The minimum Gasteiger partial charge on any atom is -0.316 e. The molecule has 0 amide bonds. The van der Waals surface area contributed by atoms with E-state index in [0.29, 0.717) is 18.4 Å². The Kier molecular flexibility index (Phi) is 4.19. The van der Waals surface area contributed by atoms with E-state index < -0.39 is 12.6 Å². The normalized spacial score (nSPS) is 28.3. The van der Waals surface area contributed by atoms with Crippen LogP contribution in [0.1, 0.15) is 13.3 Å². The maximum absolute atomic E-state index is 11.8. The van der Waals surface area contributed by atoms with E-state index in [1.807, 2.05) is 0 Å². The average Bonchev–Trinajstić information content (AvgIpc) is 2.44. The number of rotatable bonds is 4. The second-order valence-electron chi connectivity index (χ2n) is 3.96. The van der Waals surface area contributed by atoms with E-state index in [0.717, 1.165) is 13.1 Å². The number of halogens is 3. The standard InChI is InChI=1S/C9H17F3N2/c1-7-4-14-6-8(7)5-13-3-2-9(10,11)12/h7-8,13-14H,2-6H2,1H3. The Morgan fingerprint density at radius 3 is 2.57 bits per heavy atom. The molecule has 0 bridgehead atoms. The van der Waals surface area contributed by atoms with Crippen molar-refractivity contribution in [1.29, 1.82) is 0 Å². The van der Waals surface area contributed by atoms with Gasteiger partial charge in [-0.3, -0.25) is 0 Å². The SMILES string of the molecule is CC1CNCC1CNCCC(F)(F)F. The topological polar surface area (TPSA) is 24.1 Å². The molecule has 14 heavy (non-hydrogen) atoms. The molecule has 0 aliphatic carbocycles. The van der Waals surface area contributed by atoms with Crippen molar-refractivity contribution in [3.8, 4) is 0 Å². The first-order chi connectivity index (χ1) is 6.49. The van der Waals surface area contributed by atoms with Crippen LogP contribution in [0.15, 0.2) is 0 Å². The van der Waals surface area contributed by atoms with Gasteiger partial charge in [0.25, 0.3) is 0 Å². The summed E-state index contributed by atoms with van der Waals surface area (Å²) in [5.74, 6) is 1.04. The van der Waals surface area contributed by atoms with Crippen molar-refractivity contribution >= 4 is 0 Å². The van der Waals surface area contributed by atoms with E-state index in [-0.39, 0.29) is 6.54 Å². The molecule has 5 heteroatoms. The van der Waals surface area contributed by atoms with Gasteiger partial charge in [0.1, 0.15) is 0 Å². The molecule has 2 unspecified atom stereocenters. The van der Waals surface area contributed by atoms with Crippen LogP contribution >= 0.6 is 0 Å². The molecule has 1 heterocycles. The number of nitrogens with one attached hydrogen (secondary N) is 2. The molecule has 84 valence electrons. The van der Waals surface area contributed by atoms with E-state index in [4.69, 9.17) is 0 Å². The van der Waals surface area contributed by atoms with Gasteiger partial charge in [0.2, 0.25) is 0 Å². The zero-order valence-electron chi connectivity index (χ0n) is 8.32. The van der Waals surface area contributed by atoms with Gasteiger partial charge in [-0.1, -0.05) is 6.92 Å². The Morgan fingerprint density at radius 2 is 2.07 bits per heavy atom. The van der Waals surface area contributed by atoms with E-state index in [1.54, 1.807) is 0 Å². The predicted octanol–water partition coefficient (Wildman–Crippen LogP) is 1.38. The van der Waals surface area contributed by atoms with Crippen LogP contribution in [0.25, 0.3) is 0 Å². The summed E-state index contributed by atoms with van der Waals surface area (Å²) in [5.41, 5.74) is 0. The average molecular weight is 210 g/mol. The van der Waals surface area contributed by atoms with Gasteiger partial charge in [0, 0.05) is 6.54 Å². The molecule has 2 N–H and O–H groups in total. The lowest BCUT2D eigenvalue weighted by Gasteiger charge is -2.15. The molecule has 1 saturated heterocycles. The van der Waals surface area contributed by atoms with Crippen LogP contribution in [0.2, 0.25) is 0 Å². The molecular weight excluding hydrogens is 193 g/mol. The molecule has 0 saturated carbocycles. The minimum absolute atomic E-state index is 0.0344. The van der Waals surface area contributed by atoms with E-state index in [9.17, 15) is 13.2 Å². The number of hydrogen-bond acceptors (Lipinski definition) is 2.